The van der Waals surface area contributed by atoms with Gasteiger partial charge in [0.25, 0.3) is 10.0 Å². The number of aryl methyl sites for hydroxylation is 2. The van der Waals surface area contributed by atoms with E-state index >= 15 is 0 Å². The third kappa shape index (κ3) is 5.27. The Morgan fingerprint density at radius 2 is 1.75 bits per heavy atom. The zero-order valence-electron chi connectivity index (χ0n) is 15.8. The molecular weight excluding hydrogens is 370 g/mol. The number of hydrogen-bond acceptors (Lipinski definition) is 4. The number of allylic oxidation sites excluding steroid dienone is 3. The summed E-state index contributed by atoms with van der Waals surface area (Å²) in [6, 6.07) is 16.8. The van der Waals surface area contributed by atoms with Crippen LogP contribution in [-0.4, -0.2) is 22.8 Å². The van der Waals surface area contributed by atoms with Gasteiger partial charge < -0.3 is 0 Å². The monoisotopic (exact) mass is 393 g/mol. The lowest BCUT2D eigenvalue weighted by Crippen LogP contribution is -2.13. The molecule has 5 nitrogen and oxygen atoms in total. The van der Waals surface area contributed by atoms with Crippen LogP contribution in [0.5, 0.6) is 0 Å². The molecule has 0 saturated carbocycles. The third-order valence-electron chi connectivity index (χ3n) is 4.23. The van der Waals surface area contributed by atoms with Gasteiger partial charge in [0.1, 0.15) is 0 Å². The standard InChI is InChI=1S/C22H23N3O2S/c1-19-14-16-22(17-15-19)28(26,27)25-18-21(23-24-25)13-9-4-2-3-6-10-20-11-7-5-8-12-20/h2-3,5-8,10-12,14-18H,4,9,13H2,1H3/b3-2+,10-6+. The van der Waals surface area contributed by atoms with Crippen molar-refractivity contribution in [3.63, 3.8) is 0 Å². The molecule has 1 aromatic heterocycles. The van der Waals surface area contributed by atoms with E-state index < -0.39 is 10.0 Å². The molecule has 0 aliphatic carbocycles. The normalized spacial score (nSPS) is 12.2. The Hall–Kier alpha value is -2.99. The Kier molecular flexibility index (Phi) is 6.55. The van der Waals surface area contributed by atoms with Crippen molar-refractivity contribution in [2.45, 2.75) is 31.1 Å². The molecule has 144 valence electrons. The highest BCUT2D eigenvalue weighted by Crippen LogP contribution is 2.14. The molecule has 0 aliphatic rings. The van der Waals surface area contributed by atoms with Crippen molar-refractivity contribution in [3.8, 4) is 0 Å². The Labute approximate surface area is 166 Å². The van der Waals surface area contributed by atoms with Gasteiger partial charge in [-0.2, -0.15) is 8.42 Å². The summed E-state index contributed by atoms with van der Waals surface area (Å²) in [5.41, 5.74) is 2.84. The van der Waals surface area contributed by atoms with Crippen LogP contribution in [0.3, 0.4) is 0 Å². The average Bonchev–Trinajstić information content (AvgIpc) is 3.18. The second-order valence-corrected chi connectivity index (χ2v) is 8.29. The number of benzene rings is 2. The van der Waals surface area contributed by atoms with Gasteiger partial charge in [0.2, 0.25) is 0 Å². The van der Waals surface area contributed by atoms with Gasteiger partial charge in [-0.15, -0.1) is 9.19 Å². The van der Waals surface area contributed by atoms with E-state index in [-0.39, 0.29) is 4.90 Å². The first-order chi connectivity index (χ1) is 13.6. The number of unbranched alkanes of at least 4 members (excludes halogenated alkanes) is 1. The smallest absolute Gasteiger partial charge is 0.199 e. The van der Waals surface area contributed by atoms with Crippen molar-refractivity contribution in [3.05, 3.63) is 95.8 Å². The van der Waals surface area contributed by atoms with Crippen LogP contribution in [0.2, 0.25) is 0 Å². The van der Waals surface area contributed by atoms with Crippen molar-refractivity contribution in [1.29, 1.82) is 0 Å². The van der Waals surface area contributed by atoms with Gasteiger partial charge in [-0.1, -0.05) is 77.5 Å². The summed E-state index contributed by atoms with van der Waals surface area (Å²) >= 11 is 0. The maximum absolute atomic E-state index is 12.6. The predicted octanol–water partition coefficient (Wildman–Crippen LogP) is 4.42. The van der Waals surface area contributed by atoms with E-state index in [9.17, 15) is 8.42 Å². The molecule has 0 radical (unpaired) electrons. The van der Waals surface area contributed by atoms with Crippen LogP contribution < -0.4 is 0 Å². The van der Waals surface area contributed by atoms with Crippen LogP contribution in [-0.2, 0) is 16.4 Å². The summed E-state index contributed by atoms with van der Waals surface area (Å²) in [6.45, 7) is 1.91. The highest BCUT2D eigenvalue weighted by Gasteiger charge is 2.18. The van der Waals surface area contributed by atoms with Gasteiger partial charge in [0.15, 0.2) is 0 Å². The van der Waals surface area contributed by atoms with E-state index in [1.807, 2.05) is 37.3 Å². The maximum atomic E-state index is 12.6. The Balaban J connectivity index is 1.50. The lowest BCUT2D eigenvalue weighted by Gasteiger charge is -2.03. The first kappa shape index (κ1) is 19.8. The van der Waals surface area contributed by atoms with E-state index in [1.165, 1.54) is 11.8 Å². The van der Waals surface area contributed by atoms with Crippen molar-refractivity contribution >= 4 is 16.1 Å². The second kappa shape index (κ2) is 9.28. The third-order valence-corrected chi connectivity index (χ3v) is 5.76. The molecule has 0 saturated heterocycles. The van der Waals surface area contributed by atoms with Gasteiger partial charge in [0.05, 0.1) is 16.8 Å². The fraction of sp³-hybridized carbons (Fsp3) is 0.182. The number of hydrogen-bond donors (Lipinski definition) is 0. The molecule has 0 spiro atoms. The van der Waals surface area contributed by atoms with Crippen LogP contribution in [0.1, 0.15) is 29.7 Å². The van der Waals surface area contributed by atoms with E-state index in [4.69, 9.17) is 0 Å². The first-order valence-electron chi connectivity index (χ1n) is 9.17. The summed E-state index contributed by atoms with van der Waals surface area (Å²) in [5.74, 6) is 0. The summed E-state index contributed by atoms with van der Waals surface area (Å²) < 4.78 is 26.1. The molecule has 0 atom stereocenters. The molecule has 3 rings (SSSR count). The van der Waals surface area contributed by atoms with Crippen molar-refractivity contribution in [1.82, 2.24) is 14.4 Å². The first-order valence-corrected chi connectivity index (χ1v) is 10.6. The molecule has 0 bridgehead atoms. The summed E-state index contributed by atoms with van der Waals surface area (Å²) in [7, 11) is -3.68. The van der Waals surface area contributed by atoms with Gasteiger partial charge in [0, 0.05) is 0 Å². The van der Waals surface area contributed by atoms with E-state index in [0.717, 1.165) is 22.5 Å². The molecule has 0 unspecified atom stereocenters. The molecule has 0 amide bonds. The van der Waals surface area contributed by atoms with Crippen LogP contribution in [0, 0.1) is 6.92 Å². The fourth-order valence-corrected chi connectivity index (χ4v) is 3.73. The minimum atomic E-state index is -3.68. The highest BCUT2D eigenvalue weighted by molar-refractivity contribution is 7.89. The minimum Gasteiger partial charge on any atom is -0.199 e. The molecule has 3 aromatic rings. The SMILES string of the molecule is Cc1ccc(S(=O)(=O)n2cc(CCC/C=C/C=C/c3ccccc3)nn2)cc1. The maximum Gasteiger partial charge on any atom is 0.284 e. The molecule has 0 fully saturated rings. The lowest BCUT2D eigenvalue weighted by atomic mass is 10.2. The average molecular weight is 394 g/mol. The van der Waals surface area contributed by atoms with E-state index in [1.54, 1.807) is 24.3 Å². The summed E-state index contributed by atoms with van der Waals surface area (Å²) in [6.07, 6.45) is 12.1. The summed E-state index contributed by atoms with van der Waals surface area (Å²) in [4.78, 5) is 0.211. The van der Waals surface area contributed by atoms with Crippen molar-refractivity contribution in [2.75, 3.05) is 0 Å². The number of nitrogens with zero attached hydrogens (tertiary/aromatic N) is 3. The van der Waals surface area contributed by atoms with Crippen LogP contribution in [0.25, 0.3) is 6.08 Å². The molecule has 6 heteroatoms. The van der Waals surface area contributed by atoms with Crippen LogP contribution in [0.15, 0.2) is 83.9 Å². The van der Waals surface area contributed by atoms with Gasteiger partial charge in [-0.3, -0.25) is 0 Å². The molecule has 1 heterocycles. The quantitative estimate of drug-likeness (QED) is 0.420. The molecule has 28 heavy (non-hydrogen) atoms. The van der Waals surface area contributed by atoms with Crippen LogP contribution >= 0.6 is 0 Å². The largest absolute Gasteiger partial charge is 0.284 e. The summed E-state index contributed by atoms with van der Waals surface area (Å²) in [5, 5.41) is 7.79. The zero-order valence-corrected chi connectivity index (χ0v) is 16.6. The lowest BCUT2D eigenvalue weighted by molar-refractivity contribution is 0.577. The van der Waals surface area contributed by atoms with Gasteiger partial charge >= 0.3 is 0 Å². The van der Waals surface area contributed by atoms with E-state index in [2.05, 4.69) is 34.6 Å². The number of aromatic nitrogens is 3. The molecule has 0 N–H and O–H groups in total. The molecular formula is C22H23N3O2S. The van der Waals surface area contributed by atoms with Crippen molar-refractivity contribution in [2.24, 2.45) is 0 Å². The molecule has 0 aliphatic heterocycles. The fourth-order valence-electron chi connectivity index (χ4n) is 2.64. The minimum absolute atomic E-state index is 0.211. The Bertz CT molecular complexity index is 1050. The van der Waals surface area contributed by atoms with Gasteiger partial charge in [-0.05, 0) is 43.9 Å². The Morgan fingerprint density at radius 1 is 1.00 bits per heavy atom. The topological polar surface area (TPSA) is 64.8 Å². The van der Waals surface area contributed by atoms with Crippen molar-refractivity contribution < 1.29 is 8.42 Å². The second-order valence-electron chi connectivity index (χ2n) is 6.49. The van der Waals surface area contributed by atoms with E-state index in [0.29, 0.717) is 12.1 Å². The molecule has 2 aromatic carbocycles. The highest BCUT2D eigenvalue weighted by atomic mass is 32.2. The number of rotatable bonds is 8. The predicted molar refractivity (Wildman–Crippen MR) is 111 cm³/mol. The van der Waals surface area contributed by atoms with Gasteiger partial charge in [-0.25, -0.2) is 0 Å². The zero-order chi connectivity index (χ0) is 19.8. The van der Waals surface area contributed by atoms with Crippen LogP contribution in [0.4, 0.5) is 0 Å². The Morgan fingerprint density at radius 3 is 2.50 bits per heavy atom.